The third-order valence-corrected chi connectivity index (χ3v) is 7.70. The van der Waals surface area contributed by atoms with Gasteiger partial charge in [0.1, 0.15) is 24.2 Å². The normalized spacial score (nSPS) is 13.2. The standard InChI is InChI=1S/C26H46N8O8S3/c1-15(35)31-18(9-13-45-3)26(42)34-17(8-12-44-2)25(41)30-10-6-21(37)32-16(4-5-20(27)36)24(40)29-11-7-22(38)33-19(14-43)23(28)39/h16-19,43H,4-14H2,1-3H3,(H2,27,36)(H2,28,39)(H,29,40)(H,30,41)(H,31,35)(H,32,37)(H,33,38)(H,34,42)/t16-,17-,18-,19-/m0/s1. The van der Waals surface area contributed by atoms with Gasteiger partial charge in [0, 0.05) is 45.0 Å². The molecule has 0 saturated carbocycles. The summed E-state index contributed by atoms with van der Waals surface area (Å²) in [6, 6.07) is -3.83. The van der Waals surface area contributed by atoms with E-state index in [1.807, 2.05) is 12.5 Å². The molecule has 10 N–H and O–H groups in total. The van der Waals surface area contributed by atoms with Crippen molar-refractivity contribution in [1.82, 2.24) is 31.9 Å². The minimum absolute atomic E-state index is 0.000364. The fourth-order valence-corrected chi connectivity index (χ4v) is 4.88. The fourth-order valence-electron chi connectivity index (χ4n) is 3.67. The highest BCUT2D eigenvalue weighted by atomic mass is 32.2. The summed E-state index contributed by atoms with van der Waals surface area (Å²) in [5, 5.41) is 15.2. The van der Waals surface area contributed by atoms with Crippen molar-refractivity contribution in [1.29, 1.82) is 0 Å². The summed E-state index contributed by atoms with van der Waals surface area (Å²) in [6.45, 7) is 1.05. The lowest BCUT2D eigenvalue weighted by Gasteiger charge is -2.23. The molecule has 0 aromatic heterocycles. The fraction of sp³-hybridized carbons (Fsp3) is 0.692. The Morgan fingerprint density at radius 2 is 1.07 bits per heavy atom. The second kappa shape index (κ2) is 24.1. The van der Waals surface area contributed by atoms with E-state index in [4.69, 9.17) is 11.5 Å². The first kappa shape index (κ1) is 41.8. The van der Waals surface area contributed by atoms with Crippen molar-refractivity contribution in [2.45, 2.75) is 69.6 Å². The third-order valence-electron chi connectivity index (χ3n) is 6.04. The summed E-state index contributed by atoms with van der Waals surface area (Å²) < 4.78 is 0. The molecule has 4 atom stereocenters. The molecular formula is C26H46N8O8S3. The highest BCUT2D eigenvalue weighted by Gasteiger charge is 2.26. The maximum absolute atomic E-state index is 12.9. The van der Waals surface area contributed by atoms with Gasteiger partial charge in [0.15, 0.2) is 0 Å². The lowest BCUT2D eigenvalue weighted by Crippen LogP contribution is -2.54. The van der Waals surface area contributed by atoms with Crippen LogP contribution in [-0.2, 0) is 38.4 Å². The van der Waals surface area contributed by atoms with E-state index in [0.717, 1.165) is 0 Å². The molecule has 0 rings (SSSR count). The zero-order valence-electron chi connectivity index (χ0n) is 25.8. The molecule has 0 heterocycles. The highest BCUT2D eigenvalue weighted by molar-refractivity contribution is 7.98. The lowest BCUT2D eigenvalue weighted by molar-refractivity contribution is -0.132. The van der Waals surface area contributed by atoms with Gasteiger partial charge in [-0.2, -0.15) is 36.2 Å². The number of rotatable bonds is 24. The van der Waals surface area contributed by atoms with Crippen molar-refractivity contribution in [3.8, 4) is 0 Å². The molecular weight excluding hydrogens is 649 g/mol. The van der Waals surface area contributed by atoms with Crippen molar-refractivity contribution in [2.24, 2.45) is 11.5 Å². The second-order valence-corrected chi connectivity index (χ2v) is 12.1. The molecule has 0 fully saturated rings. The molecule has 16 nitrogen and oxygen atoms in total. The summed E-state index contributed by atoms with van der Waals surface area (Å²) in [7, 11) is 0. The van der Waals surface area contributed by atoms with Crippen LogP contribution in [0.4, 0.5) is 0 Å². The Morgan fingerprint density at radius 1 is 0.622 bits per heavy atom. The van der Waals surface area contributed by atoms with Gasteiger partial charge in [-0.15, -0.1) is 0 Å². The predicted octanol–water partition coefficient (Wildman–Crippen LogP) is -2.86. The Morgan fingerprint density at radius 3 is 1.47 bits per heavy atom. The molecule has 0 aromatic rings. The number of thiol groups is 1. The summed E-state index contributed by atoms with van der Waals surface area (Å²) in [4.78, 5) is 97.1. The highest BCUT2D eigenvalue weighted by Crippen LogP contribution is 2.05. The molecule has 0 bridgehead atoms. The third kappa shape index (κ3) is 19.7. The molecule has 0 aliphatic carbocycles. The van der Waals surface area contributed by atoms with Crippen molar-refractivity contribution < 1.29 is 38.4 Å². The Kier molecular flexibility index (Phi) is 22.4. The number of carbonyl (C=O) groups is 8. The first-order valence-electron chi connectivity index (χ1n) is 14.1. The van der Waals surface area contributed by atoms with E-state index >= 15 is 0 Å². The van der Waals surface area contributed by atoms with Gasteiger partial charge in [-0.1, -0.05) is 0 Å². The average molecular weight is 695 g/mol. The zero-order valence-corrected chi connectivity index (χ0v) is 28.3. The van der Waals surface area contributed by atoms with E-state index in [9.17, 15) is 38.4 Å². The summed E-state index contributed by atoms with van der Waals surface area (Å²) in [5.74, 6) is -3.48. The van der Waals surface area contributed by atoms with Gasteiger partial charge in [-0.05, 0) is 43.3 Å². The van der Waals surface area contributed by atoms with Crippen LogP contribution >= 0.6 is 36.2 Å². The monoisotopic (exact) mass is 694 g/mol. The molecule has 8 amide bonds. The summed E-state index contributed by atoms with van der Waals surface area (Å²) in [5.41, 5.74) is 10.3. The smallest absolute Gasteiger partial charge is 0.243 e. The molecule has 19 heteroatoms. The van der Waals surface area contributed by atoms with Gasteiger partial charge in [-0.3, -0.25) is 38.4 Å². The lowest BCUT2D eigenvalue weighted by atomic mass is 10.1. The van der Waals surface area contributed by atoms with E-state index in [2.05, 4.69) is 44.5 Å². The number of hydrogen-bond acceptors (Lipinski definition) is 11. The van der Waals surface area contributed by atoms with Gasteiger partial charge in [0.2, 0.25) is 47.3 Å². The zero-order chi connectivity index (χ0) is 34.4. The van der Waals surface area contributed by atoms with Crippen LogP contribution in [0.25, 0.3) is 0 Å². The van der Waals surface area contributed by atoms with Crippen LogP contribution in [-0.4, -0.2) is 114 Å². The number of nitrogens with two attached hydrogens (primary N) is 2. The van der Waals surface area contributed by atoms with Crippen molar-refractivity contribution in [2.75, 3.05) is 42.9 Å². The number of carbonyl (C=O) groups excluding carboxylic acids is 8. The molecule has 45 heavy (non-hydrogen) atoms. The molecule has 0 aliphatic heterocycles. The molecule has 0 aromatic carbocycles. The SMILES string of the molecule is CSCC[C@H](NC(C)=O)C(=O)N[C@@H](CCSC)C(=O)NCCC(=O)N[C@@H](CCC(N)=O)C(=O)NCCC(=O)N[C@@H](CS)C(N)=O. The Balaban J connectivity index is 5.09. The Hall–Kier alpha value is -3.19. The first-order valence-corrected chi connectivity index (χ1v) is 17.6. The Labute approximate surface area is 277 Å². The van der Waals surface area contributed by atoms with E-state index in [-0.39, 0.29) is 50.4 Å². The molecule has 256 valence electrons. The molecule has 0 unspecified atom stereocenters. The van der Waals surface area contributed by atoms with Crippen LogP contribution < -0.4 is 43.4 Å². The maximum atomic E-state index is 12.9. The second-order valence-electron chi connectivity index (χ2n) is 9.79. The molecule has 0 saturated heterocycles. The Bertz CT molecular complexity index is 1040. The van der Waals surface area contributed by atoms with Gasteiger partial charge >= 0.3 is 0 Å². The minimum Gasteiger partial charge on any atom is -0.370 e. The van der Waals surface area contributed by atoms with Crippen LogP contribution in [0.2, 0.25) is 0 Å². The van der Waals surface area contributed by atoms with Crippen molar-refractivity contribution in [3.63, 3.8) is 0 Å². The summed E-state index contributed by atoms with van der Waals surface area (Å²) in [6.07, 6.45) is 3.69. The van der Waals surface area contributed by atoms with Crippen LogP contribution in [0.1, 0.15) is 45.4 Å². The van der Waals surface area contributed by atoms with Crippen LogP contribution in [0.15, 0.2) is 0 Å². The average Bonchev–Trinajstić information content (AvgIpc) is 2.97. The van der Waals surface area contributed by atoms with E-state index in [1.54, 1.807) is 0 Å². The van der Waals surface area contributed by atoms with Crippen LogP contribution in [0, 0.1) is 0 Å². The van der Waals surface area contributed by atoms with Gasteiger partial charge in [0.25, 0.3) is 0 Å². The predicted molar refractivity (Wildman–Crippen MR) is 176 cm³/mol. The van der Waals surface area contributed by atoms with E-state index in [0.29, 0.717) is 24.3 Å². The van der Waals surface area contributed by atoms with Crippen molar-refractivity contribution in [3.05, 3.63) is 0 Å². The largest absolute Gasteiger partial charge is 0.370 e. The van der Waals surface area contributed by atoms with Gasteiger partial charge < -0.3 is 43.4 Å². The maximum Gasteiger partial charge on any atom is 0.243 e. The number of nitrogens with one attached hydrogen (secondary N) is 6. The van der Waals surface area contributed by atoms with Gasteiger partial charge in [0.05, 0.1) is 0 Å². The van der Waals surface area contributed by atoms with E-state index in [1.165, 1.54) is 30.4 Å². The minimum atomic E-state index is -1.15. The summed E-state index contributed by atoms with van der Waals surface area (Å²) >= 11 is 6.93. The molecule has 0 spiro atoms. The number of amides is 8. The number of primary amides is 2. The van der Waals surface area contributed by atoms with E-state index < -0.39 is 65.5 Å². The topological polar surface area (TPSA) is 261 Å². The van der Waals surface area contributed by atoms with Crippen LogP contribution in [0.5, 0.6) is 0 Å². The molecule has 0 radical (unpaired) electrons. The number of hydrogen-bond donors (Lipinski definition) is 9. The van der Waals surface area contributed by atoms with Gasteiger partial charge in [-0.25, -0.2) is 0 Å². The molecule has 0 aliphatic rings. The van der Waals surface area contributed by atoms with Crippen LogP contribution in [0.3, 0.4) is 0 Å². The number of thioether (sulfide) groups is 2. The first-order chi connectivity index (χ1) is 21.2. The quantitative estimate of drug-likeness (QED) is 0.0467. The van der Waals surface area contributed by atoms with Crippen molar-refractivity contribution >= 4 is 83.4 Å².